The van der Waals surface area contributed by atoms with Crippen molar-refractivity contribution in [2.75, 3.05) is 0 Å². The van der Waals surface area contributed by atoms with Crippen molar-refractivity contribution in [1.82, 2.24) is 0 Å². The van der Waals surface area contributed by atoms with Gasteiger partial charge in [-0.3, -0.25) is 4.79 Å². The largest absolute Gasteiger partial charge is 0.512 e. The first-order valence-corrected chi connectivity index (χ1v) is 3.01. The molecule has 1 radical (unpaired) electrons. The van der Waals surface area contributed by atoms with Gasteiger partial charge >= 0.3 is 0 Å². The zero-order valence-electron chi connectivity index (χ0n) is 7.59. The molecule has 0 spiro atoms. The van der Waals surface area contributed by atoms with Gasteiger partial charge in [0.15, 0.2) is 5.78 Å². The molecule has 0 unspecified atom stereocenters. The Labute approximate surface area is 87.4 Å². The number of aliphatic hydroxyl groups excluding tert-OH is 1. The Kier molecular flexibility index (Phi) is 42.1. The Morgan fingerprint density at radius 1 is 1.17 bits per heavy atom. The fourth-order valence-electron chi connectivity index (χ4n) is 0.294. The van der Waals surface area contributed by atoms with E-state index < -0.39 is 0 Å². The van der Waals surface area contributed by atoms with Gasteiger partial charge in [0.2, 0.25) is 0 Å². The average Bonchev–Trinajstić information content (AvgIpc) is 1.93. The molecule has 0 aromatic carbocycles. The van der Waals surface area contributed by atoms with E-state index in [1.807, 2.05) is 0 Å². The molecule has 0 saturated carbocycles. The molecule has 0 aliphatic carbocycles. The van der Waals surface area contributed by atoms with Gasteiger partial charge in [-0.2, -0.15) is 0 Å². The molecule has 0 aliphatic heterocycles. The van der Waals surface area contributed by atoms with Crippen LogP contribution in [0.2, 0.25) is 0 Å². The molecule has 0 fully saturated rings. The van der Waals surface area contributed by atoms with Gasteiger partial charge in [0, 0.05) is 25.6 Å². The standard InChI is InChI=1S/C5H8O2.2C2H4.Rh/c1-4(6)3-5(2)7;2*1-2;/h3,6H,1-2H3;2*1-2H2;. The third-order valence-electron chi connectivity index (χ3n) is 0.412. The van der Waals surface area contributed by atoms with Gasteiger partial charge in [-0.05, 0) is 13.8 Å². The van der Waals surface area contributed by atoms with Gasteiger partial charge in [-0.25, -0.2) is 0 Å². The maximum absolute atomic E-state index is 10.0. The number of rotatable bonds is 1. The summed E-state index contributed by atoms with van der Waals surface area (Å²) >= 11 is 0. The van der Waals surface area contributed by atoms with Crippen LogP contribution in [-0.2, 0) is 24.3 Å². The van der Waals surface area contributed by atoms with E-state index in [2.05, 4.69) is 26.3 Å². The number of allylic oxidation sites excluding steroid dienone is 2. The maximum atomic E-state index is 10.0. The van der Waals surface area contributed by atoms with Crippen LogP contribution in [0, 0.1) is 0 Å². The minimum atomic E-state index is -0.125. The molecule has 0 aliphatic rings. The van der Waals surface area contributed by atoms with Crippen LogP contribution in [0.25, 0.3) is 0 Å². The first-order chi connectivity index (χ1) is 5.13. The fraction of sp³-hybridized carbons (Fsp3) is 0.222. The van der Waals surface area contributed by atoms with E-state index in [1.165, 1.54) is 19.9 Å². The van der Waals surface area contributed by atoms with Gasteiger partial charge in [0.05, 0.1) is 5.76 Å². The molecule has 0 bridgehead atoms. The fourth-order valence-corrected chi connectivity index (χ4v) is 0.294. The minimum Gasteiger partial charge on any atom is -0.512 e. The summed E-state index contributed by atoms with van der Waals surface area (Å²) in [5.41, 5.74) is 0. The third-order valence-corrected chi connectivity index (χ3v) is 0.412. The van der Waals surface area contributed by atoms with E-state index >= 15 is 0 Å². The molecule has 0 aromatic rings. The SMILES string of the molecule is C=C.C=C.CC(=O)C=C(C)O.[Rh]. The molecule has 1 N–H and O–H groups in total. The van der Waals surface area contributed by atoms with Crippen molar-refractivity contribution in [2.24, 2.45) is 0 Å². The van der Waals surface area contributed by atoms with Crippen LogP contribution in [0.15, 0.2) is 38.2 Å². The third kappa shape index (κ3) is 58.6. The summed E-state index contributed by atoms with van der Waals surface area (Å²) in [6.45, 7) is 14.8. The van der Waals surface area contributed by atoms with Crippen molar-refractivity contribution in [3.05, 3.63) is 38.2 Å². The van der Waals surface area contributed by atoms with Crippen LogP contribution in [0.3, 0.4) is 0 Å². The number of hydrogen-bond donors (Lipinski definition) is 1. The van der Waals surface area contributed by atoms with Gasteiger partial charge in [-0.15, -0.1) is 26.3 Å². The molecule has 73 valence electrons. The Morgan fingerprint density at radius 3 is 1.42 bits per heavy atom. The predicted molar refractivity (Wildman–Crippen MR) is 49.6 cm³/mol. The summed E-state index contributed by atoms with van der Waals surface area (Å²) in [4.78, 5) is 10.0. The van der Waals surface area contributed by atoms with Gasteiger partial charge in [0.1, 0.15) is 0 Å². The minimum absolute atomic E-state index is 0. The van der Waals surface area contributed by atoms with Crippen molar-refractivity contribution >= 4 is 5.78 Å². The second kappa shape index (κ2) is 22.4. The number of carbonyl (C=O) groups is 1. The van der Waals surface area contributed by atoms with Crippen LogP contribution in [-0.4, -0.2) is 10.9 Å². The topological polar surface area (TPSA) is 37.3 Å². The molecule has 2 nitrogen and oxygen atoms in total. The van der Waals surface area contributed by atoms with Crippen LogP contribution in [0.1, 0.15) is 13.8 Å². The van der Waals surface area contributed by atoms with E-state index in [0.717, 1.165) is 0 Å². The molecule has 0 amide bonds. The quantitative estimate of drug-likeness (QED) is 0.340. The first-order valence-electron chi connectivity index (χ1n) is 3.01. The molecule has 12 heavy (non-hydrogen) atoms. The molecular weight excluding hydrogens is 243 g/mol. The van der Waals surface area contributed by atoms with E-state index in [4.69, 9.17) is 5.11 Å². The number of aliphatic hydroxyl groups is 1. The molecule has 0 saturated heterocycles. The van der Waals surface area contributed by atoms with Gasteiger partial charge in [0.25, 0.3) is 0 Å². The Hall–Kier alpha value is -0.687. The normalized spacial score (nSPS) is 7.33. The van der Waals surface area contributed by atoms with Crippen LogP contribution in [0.4, 0.5) is 0 Å². The molecule has 0 aromatic heterocycles. The number of ketones is 1. The molecule has 0 rings (SSSR count). The molecular formula is C9H16O2Rh. The monoisotopic (exact) mass is 259 g/mol. The molecule has 3 heteroatoms. The van der Waals surface area contributed by atoms with Crippen LogP contribution in [0.5, 0.6) is 0 Å². The van der Waals surface area contributed by atoms with E-state index in [-0.39, 0.29) is 31.0 Å². The second-order valence-corrected chi connectivity index (χ2v) is 1.40. The van der Waals surface area contributed by atoms with Gasteiger partial charge in [-0.1, -0.05) is 0 Å². The summed E-state index contributed by atoms with van der Waals surface area (Å²) in [6, 6.07) is 0. The summed E-state index contributed by atoms with van der Waals surface area (Å²) in [6.07, 6.45) is 1.17. The van der Waals surface area contributed by atoms with E-state index in [0.29, 0.717) is 0 Å². The van der Waals surface area contributed by atoms with Gasteiger partial charge < -0.3 is 5.11 Å². The Balaban J connectivity index is -0.0000000560. The number of carbonyl (C=O) groups excluding carboxylic acids is 1. The van der Waals surface area contributed by atoms with E-state index in [9.17, 15) is 4.79 Å². The van der Waals surface area contributed by atoms with Crippen LogP contribution >= 0.6 is 0 Å². The summed E-state index contributed by atoms with van der Waals surface area (Å²) in [5, 5.41) is 8.36. The van der Waals surface area contributed by atoms with Crippen molar-refractivity contribution in [3.63, 3.8) is 0 Å². The maximum Gasteiger partial charge on any atom is 0.155 e. The average molecular weight is 259 g/mol. The predicted octanol–water partition coefficient (Wildman–Crippen LogP) is 2.64. The summed E-state index contributed by atoms with van der Waals surface area (Å²) < 4.78 is 0. The zero-order valence-corrected chi connectivity index (χ0v) is 9.23. The zero-order chi connectivity index (χ0) is 9.86. The second-order valence-electron chi connectivity index (χ2n) is 1.40. The molecule has 0 heterocycles. The summed E-state index contributed by atoms with van der Waals surface area (Å²) in [5.74, 6) is -0.0625. The van der Waals surface area contributed by atoms with Crippen molar-refractivity contribution in [3.8, 4) is 0 Å². The number of hydrogen-bond acceptors (Lipinski definition) is 2. The summed E-state index contributed by atoms with van der Waals surface area (Å²) in [7, 11) is 0. The first kappa shape index (κ1) is 22.5. The van der Waals surface area contributed by atoms with Crippen LogP contribution < -0.4 is 0 Å². The molecule has 0 atom stereocenters. The smallest absolute Gasteiger partial charge is 0.155 e. The Bertz CT molecular complexity index is 124. The Morgan fingerprint density at radius 2 is 1.42 bits per heavy atom. The van der Waals surface area contributed by atoms with Crippen molar-refractivity contribution in [1.29, 1.82) is 0 Å². The van der Waals surface area contributed by atoms with E-state index in [1.54, 1.807) is 0 Å². The van der Waals surface area contributed by atoms with Crippen molar-refractivity contribution in [2.45, 2.75) is 13.8 Å². The van der Waals surface area contributed by atoms with Crippen molar-refractivity contribution < 1.29 is 29.4 Å².